The highest BCUT2D eigenvalue weighted by Gasteiger charge is 2.32. The molecule has 13 nitrogen and oxygen atoms in total. The lowest BCUT2D eigenvalue weighted by atomic mass is 10.1. The molecule has 0 aromatic rings. The van der Waals surface area contributed by atoms with Crippen molar-refractivity contribution in [2.45, 2.75) is 49.9 Å². The third-order valence-corrected chi connectivity index (χ3v) is 5.53. The number of aliphatic carboxylic acids is 2. The number of carboxylic acid groups (broad SMARTS) is 2. The van der Waals surface area contributed by atoms with Gasteiger partial charge in [-0.25, -0.2) is 4.79 Å². The van der Waals surface area contributed by atoms with Crippen molar-refractivity contribution < 1.29 is 39.0 Å². The van der Waals surface area contributed by atoms with Gasteiger partial charge in [0.2, 0.25) is 23.6 Å². The molecule has 0 bridgehead atoms. The van der Waals surface area contributed by atoms with Gasteiger partial charge >= 0.3 is 11.9 Å². The van der Waals surface area contributed by atoms with Crippen molar-refractivity contribution in [3.8, 4) is 0 Å². The zero-order chi connectivity index (χ0) is 25.6. The Labute approximate surface area is 199 Å². The number of carbonyl (C=O) groups is 6. The summed E-state index contributed by atoms with van der Waals surface area (Å²) in [4.78, 5) is 71.4. The molecule has 0 fully saturated rings. The number of thioether (sulfide) groups is 2. The molecule has 15 heteroatoms. The SMILES string of the molecule is CSCCC(N)C(=O)NC(CC(=O)O)C(=O)NC(CC(N)=O)C(=O)NC(CCSC)C(=O)O. The monoisotopic (exact) mass is 509 g/mol. The van der Waals surface area contributed by atoms with Gasteiger partial charge in [0.1, 0.15) is 18.1 Å². The quantitative estimate of drug-likeness (QED) is 0.110. The summed E-state index contributed by atoms with van der Waals surface area (Å²) in [5, 5.41) is 25.0. The van der Waals surface area contributed by atoms with Crippen LogP contribution in [0, 0.1) is 0 Å². The fraction of sp³-hybridized carbons (Fsp3) is 0.667. The van der Waals surface area contributed by atoms with Crippen LogP contribution in [-0.2, 0) is 28.8 Å². The molecular formula is C18H31N5O8S2. The predicted molar refractivity (Wildman–Crippen MR) is 123 cm³/mol. The lowest BCUT2D eigenvalue weighted by Gasteiger charge is -2.24. The normalized spacial score (nSPS) is 14.3. The van der Waals surface area contributed by atoms with E-state index in [1.165, 1.54) is 23.5 Å². The van der Waals surface area contributed by atoms with Crippen molar-refractivity contribution in [3.63, 3.8) is 0 Å². The molecule has 0 aromatic heterocycles. The summed E-state index contributed by atoms with van der Waals surface area (Å²) < 4.78 is 0. The molecule has 0 spiro atoms. The molecule has 0 aliphatic carbocycles. The number of hydrogen-bond acceptors (Lipinski definition) is 9. The minimum Gasteiger partial charge on any atom is -0.481 e. The lowest BCUT2D eigenvalue weighted by molar-refractivity contribution is -0.143. The molecule has 0 aliphatic heterocycles. The van der Waals surface area contributed by atoms with E-state index in [1.54, 1.807) is 6.26 Å². The van der Waals surface area contributed by atoms with Crippen molar-refractivity contribution in [1.29, 1.82) is 0 Å². The van der Waals surface area contributed by atoms with Gasteiger partial charge < -0.3 is 37.6 Å². The molecule has 4 unspecified atom stereocenters. The van der Waals surface area contributed by atoms with E-state index < -0.39 is 72.6 Å². The first-order valence-electron chi connectivity index (χ1n) is 9.80. The smallest absolute Gasteiger partial charge is 0.326 e. The Balaban J connectivity index is 5.46. The van der Waals surface area contributed by atoms with Crippen LogP contribution in [0.3, 0.4) is 0 Å². The summed E-state index contributed by atoms with van der Waals surface area (Å²) in [6, 6.07) is -5.44. The Morgan fingerprint density at radius 3 is 1.67 bits per heavy atom. The van der Waals surface area contributed by atoms with Crippen molar-refractivity contribution in [2.75, 3.05) is 24.0 Å². The van der Waals surface area contributed by atoms with E-state index >= 15 is 0 Å². The standard InChI is InChI=1S/C18H31N5O8S2/c1-32-5-3-9(19)15(27)22-12(8-14(25)26)17(29)23-11(7-13(20)24)16(28)21-10(18(30)31)4-6-33-2/h9-12H,3-8,19H2,1-2H3,(H2,20,24)(H,21,28)(H,22,27)(H,23,29)(H,25,26)(H,30,31). The predicted octanol–water partition coefficient (Wildman–Crippen LogP) is -2.29. The van der Waals surface area contributed by atoms with Crippen molar-refractivity contribution in [1.82, 2.24) is 16.0 Å². The second kappa shape index (κ2) is 16.1. The molecule has 4 amide bonds. The number of nitrogens with two attached hydrogens (primary N) is 2. The molecule has 0 aliphatic rings. The van der Waals surface area contributed by atoms with Crippen LogP contribution in [0.4, 0.5) is 0 Å². The van der Waals surface area contributed by atoms with Crippen LogP contribution < -0.4 is 27.4 Å². The van der Waals surface area contributed by atoms with Gasteiger partial charge in [0.05, 0.1) is 18.9 Å². The molecular weight excluding hydrogens is 478 g/mol. The number of amides is 4. The summed E-state index contributed by atoms with van der Waals surface area (Å²) in [5.74, 6) is -5.52. The molecule has 9 N–H and O–H groups in total. The molecule has 4 atom stereocenters. The average Bonchev–Trinajstić information content (AvgIpc) is 2.72. The number of carboxylic acids is 2. The van der Waals surface area contributed by atoms with Crippen LogP contribution in [0.15, 0.2) is 0 Å². The van der Waals surface area contributed by atoms with Gasteiger partial charge in [0.15, 0.2) is 0 Å². The summed E-state index contributed by atoms with van der Waals surface area (Å²) in [6.07, 6.45) is 2.45. The molecule has 0 saturated carbocycles. The van der Waals surface area contributed by atoms with Gasteiger partial charge in [-0.05, 0) is 36.9 Å². The Morgan fingerprint density at radius 2 is 1.21 bits per heavy atom. The maximum absolute atomic E-state index is 12.7. The second-order valence-electron chi connectivity index (χ2n) is 6.96. The number of nitrogens with one attached hydrogen (secondary N) is 3. The van der Waals surface area contributed by atoms with Gasteiger partial charge in [-0.1, -0.05) is 0 Å². The maximum Gasteiger partial charge on any atom is 0.326 e. The lowest BCUT2D eigenvalue weighted by Crippen LogP contribution is -2.58. The van der Waals surface area contributed by atoms with Crippen LogP contribution >= 0.6 is 23.5 Å². The van der Waals surface area contributed by atoms with Crippen molar-refractivity contribution >= 4 is 59.1 Å². The number of primary amides is 1. The minimum absolute atomic E-state index is 0.0884. The van der Waals surface area contributed by atoms with Gasteiger partial charge in [-0.2, -0.15) is 23.5 Å². The van der Waals surface area contributed by atoms with E-state index in [9.17, 15) is 33.9 Å². The Kier molecular flexibility index (Phi) is 14.9. The maximum atomic E-state index is 12.7. The molecule has 0 saturated heterocycles. The number of rotatable bonds is 17. The zero-order valence-electron chi connectivity index (χ0n) is 18.4. The molecule has 0 radical (unpaired) electrons. The number of carbonyl (C=O) groups excluding carboxylic acids is 4. The summed E-state index contributed by atoms with van der Waals surface area (Å²) in [7, 11) is 0. The molecule has 33 heavy (non-hydrogen) atoms. The van der Waals surface area contributed by atoms with E-state index in [1.807, 2.05) is 6.26 Å². The Morgan fingerprint density at radius 1 is 0.758 bits per heavy atom. The summed E-state index contributed by atoms with van der Waals surface area (Å²) in [5.41, 5.74) is 10.9. The van der Waals surface area contributed by atoms with E-state index in [4.69, 9.17) is 16.6 Å². The Hall–Kier alpha value is -2.52. The summed E-state index contributed by atoms with van der Waals surface area (Å²) >= 11 is 2.81. The van der Waals surface area contributed by atoms with Gasteiger partial charge in [0.25, 0.3) is 0 Å². The highest BCUT2D eigenvalue weighted by molar-refractivity contribution is 7.98. The van der Waals surface area contributed by atoms with Crippen molar-refractivity contribution in [3.05, 3.63) is 0 Å². The van der Waals surface area contributed by atoms with Gasteiger partial charge in [-0.15, -0.1) is 0 Å². The van der Waals surface area contributed by atoms with Gasteiger partial charge in [0, 0.05) is 0 Å². The van der Waals surface area contributed by atoms with E-state index in [0.717, 1.165) is 0 Å². The van der Waals surface area contributed by atoms with Crippen LogP contribution in [0.25, 0.3) is 0 Å². The molecule has 188 valence electrons. The Bertz CT molecular complexity index is 724. The summed E-state index contributed by atoms with van der Waals surface area (Å²) in [6.45, 7) is 0. The molecule has 0 aromatic carbocycles. The minimum atomic E-state index is -1.59. The third-order valence-electron chi connectivity index (χ3n) is 4.24. The highest BCUT2D eigenvalue weighted by atomic mass is 32.2. The first kappa shape index (κ1) is 30.5. The fourth-order valence-electron chi connectivity index (χ4n) is 2.49. The van der Waals surface area contributed by atoms with Gasteiger partial charge in [-0.3, -0.25) is 24.0 Å². The largest absolute Gasteiger partial charge is 0.481 e. The first-order valence-corrected chi connectivity index (χ1v) is 12.6. The number of hydrogen-bond donors (Lipinski definition) is 7. The zero-order valence-corrected chi connectivity index (χ0v) is 20.0. The van der Waals surface area contributed by atoms with E-state index in [0.29, 0.717) is 11.5 Å². The van der Waals surface area contributed by atoms with Crippen LogP contribution in [0.2, 0.25) is 0 Å². The average molecular weight is 510 g/mol. The third kappa shape index (κ3) is 12.9. The topological polar surface area (TPSA) is 231 Å². The molecule has 0 heterocycles. The molecule has 0 rings (SSSR count). The fourth-order valence-corrected chi connectivity index (χ4v) is 3.45. The van der Waals surface area contributed by atoms with Crippen LogP contribution in [-0.4, -0.2) is 94.0 Å². The van der Waals surface area contributed by atoms with E-state index in [2.05, 4.69) is 16.0 Å². The van der Waals surface area contributed by atoms with Crippen molar-refractivity contribution in [2.24, 2.45) is 11.5 Å². The second-order valence-corrected chi connectivity index (χ2v) is 8.93. The van der Waals surface area contributed by atoms with Crippen LogP contribution in [0.1, 0.15) is 25.7 Å². The first-order chi connectivity index (χ1) is 15.4. The highest BCUT2D eigenvalue weighted by Crippen LogP contribution is 2.05. The van der Waals surface area contributed by atoms with Crippen LogP contribution in [0.5, 0.6) is 0 Å². The van der Waals surface area contributed by atoms with E-state index in [-0.39, 0.29) is 12.8 Å².